The zero-order valence-corrected chi connectivity index (χ0v) is 12.6. The summed E-state index contributed by atoms with van der Waals surface area (Å²) in [6.07, 6.45) is 3.69. The number of nitrogens with zero attached hydrogens (tertiary/aromatic N) is 3. The van der Waals surface area contributed by atoms with Gasteiger partial charge < -0.3 is 4.98 Å². The molecule has 108 valence electrons. The van der Waals surface area contributed by atoms with E-state index >= 15 is 0 Å². The van der Waals surface area contributed by atoms with Crippen LogP contribution in [-0.4, -0.2) is 31.6 Å². The van der Waals surface area contributed by atoms with Crippen molar-refractivity contribution in [1.29, 1.82) is 0 Å². The van der Waals surface area contributed by atoms with Crippen LogP contribution in [0.5, 0.6) is 0 Å². The first-order valence-electron chi connectivity index (χ1n) is 6.66. The molecular formula is C14H16N6S. The van der Waals surface area contributed by atoms with Gasteiger partial charge in [0.15, 0.2) is 0 Å². The molecule has 3 aromatic rings. The largest absolute Gasteiger partial charge is 0.361 e. The second-order valence-corrected chi connectivity index (χ2v) is 6.34. The average Bonchev–Trinajstić information content (AvgIpc) is 3.06. The third-order valence-electron chi connectivity index (χ3n) is 2.80. The summed E-state index contributed by atoms with van der Waals surface area (Å²) in [6.45, 7) is 4.20. The van der Waals surface area contributed by atoms with Crippen LogP contribution in [0, 0.1) is 0 Å². The third kappa shape index (κ3) is 3.25. The molecule has 0 aliphatic heterocycles. The van der Waals surface area contributed by atoms with Gasteiger partial charge in [0, 0.05) is 27.9 Å². The number of nitrogens with one attached hydrogen (secondary N) is 3. The van der Waals surface area contributed by atoms with Gasteiger partial charge in [-0.1, -0.05) is 43.8 Å². The molecule has 0 aliphatic rings. The number of rotatable bonds is 5. The third-order valence-corrected chi connectivity index (χ3v) is 3.67. The van der Waals surface area contributed by atoms with Crippen molar-refractivity contribution in [2.45, 2.75) is 24.3 Å². The Labute approximate surface area is 126 Å². The predicted molar refractivity (Wildman–Crippen MR) is 86.9 cm³/mol. The molecule has 0 amide bonds. The van der Waals surface area contributed by atoms with Crippen LogP contribution in [-0.2, 0) is 0 Å². The number of para-hydroxylation sites is 1. The van der Waals surface area contributed by atoms with E-state index < -0.39 is 0 Å². The number of hydrogen-bond donors (Lipinski definition) is 3. The molecule has 0 saturated carbocycles. The second kappa shape index (κ2) is 6.01. The van der Waals surface area contributed by atoms with E-state index in [0.29, 0.717) is 11.2 Å². The summed E-state index contributed by atoms with van der Waals surface area (Å²) >= 11 is 1.60. The summed E-state index contributed by atoms with van der Waals surface area (Å²) in [4.78, 5) is 7.50. The zero-order chi connectivity index (χ0) is 14.7. The van der Waals surface area contributed by atoms with Crippen LogP contribution in [0.2, 0.25) is 0 Å². The summed E-state index contributed by atoms with van der Waals surface area (Å²) < 4.78 is 0. The maximum Gasteiger partial charge on any atom is 0.240 e. The van der Waals surface area contributed by atoms with Gasteiger partial charge in [-0.15, -0.1) is 5.10 Å². The topological polar surface area (TPSA) is 81.8 Å². The van der Waals surface area contributed by atoms with Gasteiger partial charge >= 0.3 is 0 Å². The minimum atomic E-state index is 0.448. The fourth-order valence-corrected chi connectivity index (χ4v) is 2.59. The van der Waals surface area contributed by atoms with Crippen LogP contribution in [0.15, 0.2) is 40.7 Å². The molecule has 0 atom stereocenters. The Balaban J connectivity index is 1.68. The SMILES string of the molecule is CC(C)Sc1n[nH]c(N/N=C\c2c[nH]c3ccccc23)n1. The molecule has 21 heavy (non-hydrogen) atoms. The van der Waals surface area contributed by atoms with Crippen LogP contribution >= 0.6 is 11.8 Å². The maximum absolute atomic E-state index is 4.30. The van der Waals surface area contributed by atoms with Crippen LogP contribution < -0.4 is 5.43 Å². The highest BCUT2D eigenvalue weighted by Gasteiger charge is 2.05. The lowest BCUT2D eigenvalue weighted by atomic mass is 10.2. The number of H-pyrrole nitrogens is 2. The summed E-state index contributed by atoms with van der Waals surface area (Å²) in [7, 11) is 0. The molecule has 6 nitrogen and oxygen atoms in total. The first-order chi connectivity index (χ1) is 10.2. The van der Waals surface area contributed by atoms with Gasteiger partial charge in [0.1, 0.15) is 0 Å². The lowest BCUT2D eigenvalue weighted by Crippen LogP contribution is -1.92. The van der Waals surface area contributed by atoms with Gasteiger partial charge in [0.2, 0.25) is 11.1 Å². The van der Waals surface area contributed by atoms with Crippen molar-refractivity contribution < 1.29 is 0 Å². The molecule has 2 aromatic heterocycles. The van der Waals surface area contributed by atoms with Crippen LogP contribution in [0.25, 0.3) is 10.9 Å². The number of hydrogen-bond acceptors (Lipinski definition) is 5. The molecule has 0 unspecified atom stereocenters. The number of aromatic amines is 2. The van der Waals surface area contributed by atoms with Crippen LogP contribution in [0.4, 0.5) is 5.95 Å². The highest BCUT2D eigenvalue weighted by molar-refractivity contribution is 7.99. The molecule has 0 spiro atoms. The van der Waals surface area contributed by atoms with E-state index in [4.69, 9.17) is 0 Å². The Hall–Kier alpha value is -2.28. The molecule has 0 aliphatic carbocycles. The monoisotopic (exact) mass is 300 g/mol. The van der Waals surface area contributed by atoms with Crippen LogP contribution in [0.3, 0.4) is 0 Å². The van der Waals surface area contributed by atoms with Crippen LogP contribution in [0.1, 0.15) is 19.4 Å². The molecular weight excluding hydrogens is 284 g/mol. The van der Waals surface area contributed by atoms with E-state index in [0.717, 1.165) is 21.6 Å². The second-order valence-electron chi connectivity index (χ2n) is 4.79. The lowest BCUT2D eigenvalue weighted by Gasteiger charge is -1.96. The van der Waals surface area contributed by atoms with E-state index in [1.54, 1.807) is 18.0 Å². The molecule has 1 aromatic carbocycles. The first kappa shape index (κ1) is 13.7. The van der Waals surface area contributed by atoms with E-state index in [1.165, 1.54) is 0 Å². The highest BCUT2D eigenvalue weighted by atomic mass is 32.2. The van der Waals surface area contributed by atoms with Gasteiger partial charge in [-0.3, -0.25) is 0 Å². The van der Waals surface area contributed by atoms with Crippen molar-refractivity contribution in [2.75, 3.05) is 5.43 Å². The quantitative estimate of drug-likeness (QED) is 0.384. The molecule has 3 rings (SSSR count). The smallest absolute Gasteiger partial charge is 0.240 e. The lowest BCUT2D eigenvalue weighted by molar-refractivity contribution is 0.961. The van der Waals surface area contributed by atoms with Gasteiger partial charge in [0.05, 0.1) is 6.21 Å². The number of fused-ring (bicyclic) bond motifs is 1. The standard InChI is InChI=1S/C14H16N6S/c1-9(2)21-14-17-13(19-20-14)18-16-8-10-7-15-12-6-4-3-5-11(10)12/h3-9,15H,1-2H3,(H2,17,18,19,20)/b16-8-. The molecule has 7 heteroatoms. The minimum absolute atomic E-state index is 0.448. The summed E-state index contributed by atoms with van der Waals surface area (Å²) in [5.74, 6) is 0.536. The van der Waals surface area contributed by atoms with Gasteiger partial charge in [0.25, 0.3) is 0 Å². The van der Waals surface area contributed by atoms with E-state index in [-0.39, 0.29) is 0 Å². The zero-order valence-electron chi connectivity index (χ0n) is 11.8. The fraction of sp³-hybridized carbons (Fsp3) is 0.214. The first-order valence-corrected chi connectivity index (χ1v) is 7.54. The van der Waals surface area contributed by atoms with E-state index in [2.05, 4.69) is 50.6 Å². The molecule has 0 fully saturated rings. The van der Waals surface area contributed by atoms with E-state index in [9.17, 15) is 0 Å². The summed E-state index contributed by atoms with van der Waals surface area (Å²) in [5.41, 5.74) is 4.97. The van der Waals surface area contributed by atoms with Gasteiger partial charge in [-0.25, -0.2) is 10.5 Å². The van der Waals surface area contributed by atoms with Crippen molar-refractivity contribution >= 4 is 34.8 Å². The number of hydrazone groups is 1. The molecule has 3 N–H and O–H groups in total. The van der Waals surface area contributed by atoms with E-state index in [1.807, 2.05) is 24.4 Å². The molecule has 0 saturated heterocycles. The van der Waals surface area contributed by atoms with Crippen molar-refractivity contribution in [1.82, 2.24) is 20.2 Å². The minimum Gasteiger partial charge on any atom is -0.361 e. The Bertz CT molecular complexity index is 758. The van der Waals surface area contributed by atoms with Crippen molar-refractivity contribution in [3.63, 3.8) is 0 Å². The summed E-state index contributed by atoms with van der Waals surface area (Å²) in [5, 5.41) is 13.4. The highest BCUT2D eigenvalue weighted by Crippen LogP contribution is 2.19. The van der Waals surface area contributed by atoms with Crippen molar-refractivity contribution in [3.8, 4) is 0 Å². The fourth-order valence-electron chi connectivity index (χ4n) is 1.92. The van der Waals surface area contributed by atoms with Gasteiger partial charge in [-0.05, 0) is 6.07 Å². The Morgan fingerprint density at radius 2 is 2.19 bits per heavy atom. The Kier molecular flexibility index (Phi) is 3.92. The maximum atomic E-state index is 4.30. The number of anilines is 1. The number of aromatic nitrogens is 4. The van der Waals surface area contributed by atoms with Crippen molar-refractivity contribution in [3.05, 3.63) is 36.0 Å². The molecule has 0 bridgehead atoms. The number of benzene rings is 1. The van der Waals surface area contributed by atoms with Crippen molar-refractivity contribution in [2.24, 2.45) is 5.10 Å². The Morgan fingerprint density at radius 3 is 3.05 bits per heavy atom. The molecule has 2 heterocycles. The van der Waals surface area contributed by atoms with Gasteiger partial charge in [-0.2, -0.15) is 10.1 Å². The number of thioether (sulfide) groups is 1. The Morgan fingerprint density at radius 1 is 1.33 bits per heavy atom. The average molecular weight is 300 g/mol. The summed E-state index contributed by atoms with van der Waals surface area (Å²) in [6, 6.07) is 8.10. The molecule has 0 radical (unpaired) electrons. The predicted octanol–water partition coefficient (Wildman–Crippen LogP) is 3.23. The normalized spacial score (nSPS) is 11.8.